The molecule has 0 aliphatic rings. The fourth-order valence-corrected chi connectivity index (χ4v) is 1.35. The van der Waals surface area contributed by atoms with E-state index in [9.17, 15) is 9.18 Å². The van der Waals surface area contributed by atoms with Gasteiger partial charge in [-0.1, -0.05) is 11.6 Å². The van der Waals surface area contributed by atoms with Gasteiger partial charge in [0.15, 0.2) is 10.8 Å². The highest BCUT2D eigenvalue weighted by Crippen LogP contribution is 2.17. The average molecular weight is 231 g/mol. The third-order valence-corrected chi connectivity index (χ3v) is 1.96. The van der Waals surface area contributed by atoms with E-state index in [2.05, 4.69) is 15.0 Å². The van der Waals surface area contributed by atoms with Crippen LogP contribution in [0.5, 0.6) is 0 Å². The number of fused-ring (bicyclic) bond motifs is 1. The molecule has 15 heavy (non-hydrogen) atoms. The molecule has 0 aliphatic carbocycles. The van der Waals surface area contributed by atoms with Crippen molar-refractivity contribution >= 4 is 28.7 Å². The first-order valence-corrected chi connectivity index (χ1v) is 4.21. The summed E-state index contributed by atoms with van der Waals surface area (Å²) in [6.45, 7) is -0.358. The van der Waals surface area contributed by atoms with Gasteiger partial charge in [0.1, 0.15) is 12.1 Å². The molecule has 0 fully saturated rings. The fourth-order valence-electron chi connectivity index (χ4n) is 1.15. The van der Waals surface area contributed by atoms with Gasteiger partial charge in [-0.05, 0) is 0 Å². The molecule has 78 valence electrons. The number of nitrogens with zero attached hydrogens (tertiary/aromatic N) is 4. The minimum atomic E-state index is -1.08. The molecule has 0 aliphatic heterocycles. The number of halogens is 2. The molecule has 6 nitrogen and oxygen atoms in total. The zero-order valence-electron chi connectivity index (χ0n) is 7.18. The Morgan fingerprint density at radius 2 is 2.33 bits per heavy atom. The predicted molar refractivity (Wildman–Crippen MR) is 47.9 cm³/mol. The summed E-state index contributed by atoms with van der Waals surface area (Å²) in [6.07, 6.45) is 0.207. The molecule has 2 rings (SSSR count). The maximum absolute atomic E-state index is 12.8. The lowest BCUT2D eigenvalue weighted by molar-refractivity contribution is -0.137. The maximum atomic E-state index is 12.8. The summed E-state index contributed by atoms with van der Waals surface area (Å²) in [5, 5.41) is 8.43. The zero-order chi connectivity index (χ0) is 11.0. The Kier molecular flexibility index (Phi) is 2.24. The third kappa shape index (κ3) is 1.73. The quantitative estimate of drug-likeness (QED) is 0.607. The second-order valence-corrected chi connectivity index (χ2v) is 3.08. The van der Waals surface area contributed by atoms with Gasteiger partial charge in [0.05, 0.1) is 6.33 Å². The van der Waals surface area contributed by atoms with Crippen LogP contribution in [0.4, 0.5) is 4.39 Å². The van der Waals surface area contributed by atoms with Crippen molar-refractivity contribution in [2.75, 3.05) is 0 Å². The molecule has 0 unspecified atom stereocenters. The Bertz CT molecular complexity index is 541. The third-order valence-electron chi connectivity index (χ3n) is 1.70. The van der Waals surface area contributed by atoms with E-state index in [0.717, 1.165) is 0 Å². The largest absolute Gasteiger partial charge is 0.480 e. The van der Waals surface area contributed by atoms with Gasteiger partial charge in [0.25, 0.3) is 0 Å². The summed E-state index contributed by atoms with van der Waals surface area (Å²) in [6, 6.07) is 0. The average Bonchev–Trinajstić information content (AvgIpc) is 2.48. The second-order valence-electron chi connectivity index (χ2n) is 2.72. The van der Waals surface area contributed by atoms with E-state index in [-0.39, 0.29) is 22.9 Å². The minimum Gasteiger partial charge on any atom is -0.480 e. The molecule has 0 aromatic carbocycles. The van der Waals surface area contributed by atoms with E-state index in [1.54, 1.807) is 0 Å². The molecule has 0 saturated heterocycles. The van der Waals surface area contributed by atoms with E-state index in [1.807, 2.05) is 0 Å². The first-order chi connectivity index (χ1) is 7.08. The van der Waals surface area contributed by atoms with Crippen molar-refractivity contribution in [2.45, 2.75) is 6.54 Å². The van der Waals surface area contributed by atoms with Gasteiger partial charge in [-0.15, -0.1) is 0 Å². The van der Waals surface area contributed by atoms with Crippen LogP contribution in [-0.4, -0.2) is 30.6 Å². The summed E-state index contributed by atoms with van der Waals surface area (Å²) in [7, 11) is 0. The van der Waals surface area contributed by atoms with E-state index in [0.29, 0.717) is 0 Å². The van der Waals surface area contributed by atoms with E-state index in [4.69, 9.17) is 16.7 Å². The lowest BCUT2D eigenvalue weighted by Gasteiger charge is -1.98. The SMILES string of the molecule is O=C(O)Cn1cnc2c(Cl)nc(F)nc21. The molecule has 0 amide bonds. The van der Waals surface area contributed by atoms with Crippen LogP contribution in [0.25, 0.3) is 11.2 Å². The number of carboxylic acid groups (broad SMARTS) is 1. The molecule has 1 N–H and O–H groups in total. The molecule has 2 aromatic rings. The number of aromatic nitrogens is 4. The van der Waals surface area contributed by atoms with Gasteiger partial charge in [-0.25, -0.2) is 4.98 Å². The molecular formula is C7H4ClFN4O2. The van der Waals surface area contributed by atoms with Crippen molar-refractivity contribution in [1.29, 1.82) is 0 Å². The van der Waals surface area contributed by atoms with Gasteiger partial charge in [-0.3, -0.25) is 4.79 Å². The Labute approximate surface area is 87.3 Å². The number of imidazole rings is 1. The van der Waals surface area contributed by atoms with Crippen molar-refractivity contribution in [3.8, 4) is 0 Å². The van der Waals surface area contributed by atoms with Crippen LogP contribution in [0.3, 0.4) is 0 Å². The van der Waals surface area contributed by atoms with Crippen molar-refractivity contribution in [3.63, 3.8) is 0 Å². The van der Waals surface area contributed by atoms with Crippen molar-refractivity contribution in [1.82, 2.24) is 19.5 Å². The smallest absolute Gasteiger partial charge is 0.323 e. The Balaban J connectivity index is 2.63. The number of carboxylic acids is 1. The van der Waals surface area contributed by atoms with Crippen molar-refractivity contribution in [3.05, 3.63) is 17.6 Å². The van der Waals surface area contributed by atoms with Crippen LogP contribution in [0.1, 0.15) is 0 Å². The van der Waals surface area contributed by atoms with Crippen LogP contribution in [0.15, 0.2) is 6.33 Å². The number of aliphatic carboxylic acids is 1. The first-order valence-electron chi connectivity index (χ1n) is 3.83. The number of hydrogen-bond acceptors (Lipinski definition) is 4. The van der Waals surface area contributed by atoms with Crippen molar-refractivity contribution in [2.24, 2.45) is 0 Å². The van der Waals surface area contributed by atoms with Crippen LogP contribution < -0.4 is 0 Å². The minimum absolute atomic E-state index is 0.0647. The van der Waals surface area contributed by atoms with Crippen LogP contribution in [0.2, 0.25) is 5.15 Å². The van der Waals surface area contributed by atoms with Crippen LogP contribution >= 0.6 is 11.6 Å². The van der Waals surface area contributed by atoms with Crippen molar-refractivity contribution < 1.29 is 14.3 Å². The first kappa shape index (κ1) is 9.78. The lowest BCUT2D eigenvalue weighted by Crippen LogP contribution is -2.08. The lowest BCUT2D eigenvalue weighted by atomic mass is 10.5. The Hall–Kier alpha value is -1.76. The summed E-state index contributed by atoms with van der Waals surface area (Å²) in [5.74, 6) is -1.08. The Morgan fingerprint density at radius 1 is 1.60 bits per heavy atom. The second kappa shape index (κ2) is 3.43. The number of rotatable bonds is 2. The molecule has 0 saturated carbocycles. The highest BCUT2D eigenvalue weighted by Gasteiger charge is 2.12. The monoisotopic (exact) mass is 230 g/mol. The molecule has 2 aromatic heterocycles. The summed E-state index contributed by atoms with van der Waals surface area (Å²) < 4.78 is 14.0. The summed E-state index contributed by atoms with van der Waals surface area (Å²) in [4.78, 5) is 20.9. The fraction of sp³-hybridized carbons (Fsp3) is 0.143. The predicted octanol–water partition coefficient (Wildman–Crippen LogP) is 0.703. The van der Waals surface area contributed by atoms with Crippen LogP contribution in [-0.2, 0) is 11.3 Å². The van der Waals surface area contributed by atoms with Gasteiger partial charge in [-0.2, -0.15) is 14.4 Å². The number of hydrogen-bond donors (Lipinski definition) is 1. The topological polar surface area (TPSA) is 80.9 Å². The number of carbonyl (C=O) groups is 1. The molecule has 2 heterocycles. The highest BCUT2D eigenvalue weighted by molar-refractivity contribution is 6.33. The van der Waals surface area contributed by atoms with Gasteiger partial charge in [0.2, 0.25) is 0 Å². The van der Waals surface area contributed by atoms with E-state index >= 15 is 0 Å². The molecular weight excluding hydrogens is 227 g/mol. The standard InChI is InChI=1S/C7H4ClFN4O2/c8-5-4-6(12-7(9)11-5)13(2-10-4)1-3(14)15/h2H,1H2,(H,14,15). The van der Waals surface area contributed by atoms with E-state index in [1.165, 1.54) is 10.9 Å². The molecule has 8 heteroatoms. The highest BCUT2D eigenvalue weighted by atomic mass is 35.5. The molecule has 0 bridgehead atoms. The Morgan fingerprint density at radius 3 is 3.00 bits per heavy atom. The van der Waals surface area contributed by atoms with Gasteiger partial charge < -0.3 is 9.67 Å². The molecule has 0 atom stereocenters. The summed E-state index contributed by atoms with van der Waals surface area (Å²) >= 11 is 5.60. The molecule has 0 radical (unpaired) electrons. The van der Waals surface area contributed by atoms with Gasteiger partial charge in [0, 0.05) is 0 Å². The normalized spacial score (nSPS) is 10.8. The van der Waals surface area contributed by atoms with E-state index < -0.39 is 12.0 Å². The summed E-state index contributed by atoms with van der Waals surface area (Å²) in [5.41, 5.74) is 0.245. The zero-order valence-corrected chi connectivity index (χ0v) is 7.94. The molecule has 0 spiro atoms. The maximum Gasteiger partial charge on any atom is 0.323 e. The van der Waals surface area contributed by atoms with Crippen LogP contribution in [0, 0.1) is 6.08 Å². The van der Waals surface area contributed by atoms with Gasteiger partial charge >= 0.3 is 12.0 Å².